The largest absolute Gasteiger partial charge is 0.448 e. The van der Waals surface area contributed by atoms with E-state index in [1.807, 2.05) is 0 Å². The molecule has 1 fully saturated rings. The lowest BCUT2D eigenvalue weighted by Crippen LogP contribution is -2.39. The molecular formula is C20H17F2N3O2. The van der Waals surface area contributed by atoms with Gasteiger partial charge in [0.25, 0.3) is 5.91 Å². The molecule has 1 aliphatic heterocycles. The summed E-state index contributed by atoms with van der Waals surface area (Å²) in [7, 11) is 0. The third-order valence-electron chi connectivity index (χ3n) is 4.72. The van der Waals surface area contributed by atoms with E-state index in [0.29, 0.717) is 24.7 Å². The number of hydrogen-bond acceptors (Lipinski definition) is 4. The zero-order chi connectivity index (χ0) is 18.8. The molecule has 3 aromatic rings. The van der Waals surface area contributed by atoms with Crippen LogP contribution in [-0.2, 0) is 0 Å². The van der Waals surface area contributed by atoms with Gasteiger partial charge in [-0.1, -0.05) is 0 Å². The molecule has 0 spiro atoms. The van der Waals surface area contributed by atoms with E-state index in [-0.39, 0.29) is 23.2 Å². The monoisotopic (exact) mass is 369 g/mol. The van der Waals surface area contributed by atoms with Gasteiger partial charge in [-0.05, 0) is 43.2 Å². The molecule has 138 valence electrons. The number of carbonyl (C=O) groups is 1. The molecule has 0 saturated carbocycles. The number of rotatable bonds is 3. The lowest BCUT2D eigenvalue weighted by atomic mass is 9.97. The molecule has 1 saturated heterocycles. The quantitative estimate of drug-likeness (QED) is 0.699. The molecule has 2 aromatic heterocycles. The van der Waals surface area contributed by atoms with Crippen LogP contribution in [0.15, 0.2) is 53.4 Å². The topological polar surface area (TPSA) is 59.2 Å². The minimum Gasteiger partial charge on any atom is -0.448 e. The molecular weight excluding hydrogens is 352 g/mol. The number of piperidine rings is 1. The minimum atomic E-state index is -0.626. The summed E-state index contributed by atoms with van der Waals surface area (Å²) in [5.41, 5.74) is 1.40. The van der Waals surface area contributed by atoms with Crippen molar-refractivity contribution in [3.63, 3.8) is 0 Å². The summed E-state index contributed by atoms with van der Waals surface area (Å²) in [4.78, 5) is 22.4. The van der Waals surface area contributed by atoms with Crippen molar-refractivity contribution >= 4 is 5.91 Å². The van der Waals surface area contributed by atoms with Crippen LogP contribution in [0.2, 0.25) is 0 Å². The average molecular weight is 369 g/mol. The molecule has 1 aliphatic rings. The van der Waals surface area contributed by atoms with Crippen LogP contribution in [0.1, 0.15) is 35.0 Å². The van der Waals surface area contributed by atoms with Crippen LogP contribution >= 0.6 is 0 Å². The molecule has 0 N–H and O–H groups in total. The van der Waals surface area contributed by atoms with Crippen molar-refractivity contribution in [3.05, 3.63) is 72.1 Å². The first-order valence-corrected chi connectivity index (χ1v) is 8.72. The molecule has 27 heavy (non-hydrogen) atoms. The fraction of sp³-hybridized carbons (Fsp3) is 0.250. The van der Waals surface area contributed by atoms with Crippen molar-refractivity contribution in [2.45, 2.75) is 18.8 Å². The maximum atomic E-state index is 13.9. The van der Waals surface area contributed by atoms with Gasteiger partial charge in [-0.15, -0.1) is 0 Å². The van der Waals surface area contributed by atoms with Crippen molar-refractivity contribution in [2.75, 3.05) is 13.1 Å². The molecule has 3 heterocycles. The standard InChI is InChI=1S/C20H17F2N3O2/c21-15-5-3-13(4-6-15)18-12-27-19(24-18)14-2-1-9-25(11-14)20(26)16-7-8-23-10-17(16)22/h3-8,10,12,14H,1-2,9,11H2/t14-/m0/s1. The second-order valence-corrected chi connectivity index (χ2v) is 6.52. The van der Waals surface area contributed by atoms with E-state index in [0.717, 1.165) is 24.6 Å². The molecule has 0 bridgehead atoms. The maximum absolute atomic E-state index is 13.9. The van der Waals surface area contributed by atoms with Gasteiger partial charge in [0, 0.05) is 24.8 Å². The number of pyridine rings is 1. The number of amides is 1. The summed E-state index contributed by atoms with van der Waals surface area (Å²) in [5, 5.41) is 0. The average Bonchev–Trinajstić information content (AvgIpc) is 3.19. The van der Waals surface area contributed by atoms with Crippen LogP contribution in [0.25, 0.3) is 11.3 Å². The van der Waals surface area contributed by atoms with Gasteiger partial charge < -0.3 is 9.32 Å². The molecule has 0 radical (unpaired) electrons. The van der Waals surface area contributed by atoms with E-state index in [2.05, 4.69) is 9.97 Å². The Morgan fingerprint density at radius 1 is 1.19 bits per heavy atom. The van der Waals surface area contributed by atoms with Crippen molar-refractivity contribution in [2.24, 2.45) is 0 Å². The van der Waals surface area contributed by atoms with Crippen molar-refractivity contribution in [3.8, 4) is 11.3 Å². The first kappa shape index (κ1) is 17.3. The first-order chi connectivity index (χ1) is 13.1. The highest BCUT2D eigenvalue weighted by Crippen LogP contribution is 2.29. The molecule has 4 rings (SSSR count). The molecule has 1 atom stereocenters. The number of nitrogens with zero attached hydrogens (tertiary/aromatic N) is 3. The van der Waals surface area contributed by atoms with E-state index in [1.165, 1.54) is 30.7 Å². The van der Waals surface area contributed by atoms with Gasteiger partial charge in [0.1, 0.15) is 17.8 Å². The zero-order valence-corrected chi connectivity index (χ0v) is 14.4. The van der Waals surface area contributed by atoms with Gasteiger partial charge in [-0.3, -0.25) is 9.78 Å². The van der Waals surface area contributed by atoms with E-state index in [9.17, 15) is 13.6 Å². The Balaban J connectivity index is 1.51. The number of likely N-dealkylation sites (tertiary alicyclic amines) is 1. The van der Waals surface area contributed by atoms with Gasteiger partial charge in [-0.2, -0.15) is 0 Å². The van der Waals surface area contributed by atoms with Gasteiger partial charge >= 0.3 is 0 Å². The van der Waals surface area contributed by atoms with Crippen molar-refractivity contribution in [1.29, 1.82) is 0 Å². The van der Waals surface area contributed by atoms with Gasteiger partial charge in [0.05, 0.1) is 17.7 Å². The summed E-state index contributed by atoms with van der Waals surface area (Å²) in [6.07, 6.45) is 5.58. The Morgan fingerprint density at radius 3 is 2.78 bits per heavy atom. The number of hydrogen-bond donors (Lipinski definition) is 0. The van der Waals surface area contributed by atoms with Crippen LogP contribution in [0.4, 0.5) is 8.78 Å². The van der Waals surface area contributed by atoms with Gasteiger partial charge in [-0.25, -0.2) is 13.8 Å². The Hall–Kier alpha value is -3.09. The summed E-state index contributed by atoms with van der Waals surface area (Å²) < 4.78 is 32.6. The van der Waals surface area contributed by atoms with Gasteiger partial charge in [0.15, 0.2) is 11.7 Å². The number of aromatic nitrogens is 2. The van der Waals surface area contributed by atoms with Crippen molar-refractivity contribution < 1.29 is 18.0 Å². The second-order valence-electron chi connectivity index (χ2n) is 6.52. The molecule has 0 unspecified atom stereocenters. The highest BCUT2D eigenvalue weighted by molar-refractivity contribution is 5.94. The highest BCUT2D eigenvalue weighted by atomic mass is 19.1. The molecule has 7 heteroatoms. The zero-order valence-electron chi connectivity index (χ0n) is 14.4. The summed E-state index contributed by atoms with van der Waals surface area (Å²) in [6.45, 7) is 0.965. The number of carbonyl (C=O) groups excluding carboxylic acids is 1. The first-order valence-electron chi connectivity index (χ1n) is 8.72. The Labute approximate surface area is 154 Å². The predicted octanol–water partition coefficient (Wildman–Crippen LogP) is 4.03. The van der Waals surface area contributed by atoms with E-state index in [1.54, 1.807) is 17.0 Å². The third kappa shape index (κ3) is 3.58. The Morgan fingerprint density at radius 2 is 2.00 bits per heavy atom. The Kier molecular flexibility index (Phi) is 4.66. The Bertz CT molecular complexity index is 956. The lowest BCUT2D eigenvalue weighted by Gasteiger charge is -2.31. The number of oxazole rings is 1. The van der Waals surface area contributed by atoms with Crippen LogP contribution in [0.5, 0.6) is 0 Å². The fourth-order valence-electron chi connectivity index (χ4n) is 3.31. The third-order valence-corrected chi connectivity index (χ3v) is 4.72. The summed E-state index contributed by atoms with van der Waals surface area (Å²) in [6, 6.07) is 7.40. The van der Waals surface area contributed by atoms with E-state index >= 15 is 0 Å². The van der Waals surface area contributed by atoms with Gasteiger partial charge in [0.2, 0.25) is 0 Å². The molecule has 0 aliphatic carbocycles. The summed E-state index contributed by atoms with van der Waals surface area (Å²) >= 11 is 0. The fourth-order valence-corrected chi connectivity index (χ4v) is 3.31. The van der Waals surface area contributed by atoms with Crippen LogP contribution < -0.4 is 0 Å². The summed E-state index contributed by atoms with van der Waals surface area (Å²) in [5.74, 6) is -0.833. The van der Waals surface area contributed by atoms with Crippen LogP contribution in [-0.4, -0.2) is 33.9 Å². The minimum absolute atomic E-state index is 0.0186. The van der Waals surface area contributed by atoms with Crippen LogP contribution in [0.3, 0.4) is 0 Å². The van der Waals surface area contributed by atoms with E-state index in [4.69, 9.17) is 4.42 Å². The lowest BCUT2D eigenvalue weighted by molar-refractivity contribution is 0.0693. The predicted molar refractivity (Wildman–Crippen MR) is 94.0 cm³/mol. The van der Waals surface area contributed by atoms with Crippen molar-refractivity contribution in [1.82, 2.24) is 14.9 Å². The molecule has 1 amide bonds. The number of benzene rings is 1. The highest BCUT2D eigenvalue weighted by Gasteiger charge is 2.29. The molecule has 1 aromatic carbocycles. The SMILES string of the molecule is O=C(c1ccncc1F)N1CCC[C@H](c2nc(-c3ccc(F)cc3)co2)C1. The van der Waals surface area contributed by atoms with E-state index < -0.39 is 5.82 Å². The normalized spacial score (nSPS) is 17.1. The second kappa shape index (κ2) is 7.26. The number of halogens is 2. The van der Waals surface area contributed by atoms with Crippen LogP contribution in [0, 0.1) is 11.6 Å². The maximum Gasteiger partial charge on any atom is 0.256 e. The molecule has 5 nitrogen and oxygen atoms in total. The smallest absolute Gasteiger partial charge is 0.256 e.